The number of hydrogen-bond donors (Lipinski definition) is 2. The molecule has 78 valence electrons. The summed E-state index contributed by atoms with van der Waals surface area (Å²) in [6.07, 6.45) is 0. The van der Waals surface area contributed by atoms with E-state index in [-0.39, 0.29) is 0 Å². The van der Waals surface area contributed by atoms with Crippen molar-refractivity contribution in [3.05, 3.63) is 28.3 Å². The van der Waals surface area contributed by atoms with Gasteiger partial charge >= 0.3 is 0 Å². The van der Waals surface area contributed by atoms with Crippen molar-refractivity contribution in [3.8, 4) is 5.75 Å². The maximum Gasteiger partial charge on any atom is 0.119 e. The number of hydrogen-bond acceptors (Lipinski definition) is 2. The molecule has 0 radical (unpaired) electrons. The molecule has 0 spiro atoms. The van der Waals surface area contributed by atoms with E-state index in [1.54, 1.807) is 0 Å². The SMILES string of the molecule is Cc1cc(O)c(C)c(C)c1C(C)CN. The largest absolute Gasteiger partial charge is 0.508 e. The van der Waals surface area contributed by atoms with E-state index >= 15 is 0 Å². The Morgan fingerprint density at radius 2 is 1.86 bits per heavy atom. The van der Waals surface area contributed by atoms with Gasteiger partial charge in [-0.15, -0.1) is 0 Å². The fraction of sp³-hybridized carbons (Fsp3) is 0.500. The summed E-state index contributed by atoms with van der Waals surface area (Å²) in [7, 11) is 0. The predicted octanol–water partition coefficient (Wildman–Crippen LogP) is 2.38. The molecule has 0 amide bonds. The van der Waals surface area contributed by atoms with Gasteiger partial charge in [-0.05, 0) is 61.6 Å². The number of benzene rings is 1. The first-order chi connectivity index (χ1) is 6.49. The van der Waals surface area contributed by atoms with Crippen LogP contribution in [0.1, 0.15) is 35.1 Å². The third-order valence-electron chi connectivity index (χ3n) is 2.98. The Bertz CT molecular complexity index is 345. The van der Waals surface area contributed by atoms with Crippen molar-refractivity contribution in [2.45, 2.75) is 33.6 Å². The first kappa shape index (κ1) is 11.1. The van der Waals surface area contributed by atoms with Crippen LogP contribution in [0.2, 0.25) is 0 Å². The zero-order chi connectivity index (χ0) is 10.9. The van der Waals surface area contributed by atoms with Gasteiger partial charge < -0.3 is 10.8 Å². The van der Waals surface area contributed by atoms with Crippen molar-refractivity contribution in [1.82, 2.24) is 0 Å². The van der Waals surface area contributed by atoms with Crippen LogP contribution in [0.3, 0.4) is 0 Å². The average Bonchev–Trinajstić information content (AvgIpc) is 2.14. The quantitative estimate of drug-likeness (QED) is 0.757. The molecule has 3 N–H and O–H groups in total. The lowest BCUT2D eigenvalue weighted by atomic mass is 9.89. The second-order valence-electron chi connectivity index (χ2n) is 4.01. The van der Waals surface area contributed by atoms with E-state index in [2.05, 4.69) is 6.92 Å². The Morgan fingerprint density at radius 1 is 1.29 bits per heavy atom. The molecule has 1 unspecified atom stereocenters. The van der Waals surface area contributed by atoms with E-state index in [4.69, 9.17) is 5.73 Å². The fourth-order valence-corrected chi connectivity index (χ4v) is 1.96. The van der Waals surface area contributed by atoms with Crippen molar-refractivity contribution in [2.24, 2.45) is 5.73 Å². The van der Waals surface area contributed by atoms with Gasteiger partial charge in [0.25, 0.3) is 0 Å². The van der Waals surface area contributed by atoms with Gasteiger partial charge in [-0.1, -0.05) is 6.92 Å². The molecule has 14 heavy (non-hydrogen) atoms. The lowest BCUT2D eigenvalue weighted by Gasteiger charge is -2.18. The number of phenols is 1. The lowest BCUT2D eigenvalue weighted by Crippen LogP contribution is -2.12. The molecular formula is C12H19NO. The first-order valence-electron chi connectivity index (χ1n) is 4.98. The second kappa shape index (κ2) is 4.01. The van der Waals surface area contributed by atoms with Crippen LogP contribution in [0.25, 0.3) is 0 Å². The third-order valence-corrected chi connectivity index (χ3v) is 2.98. The van der Waals surface area contributed by atoms with Crippen molar-refractivity contribution in [1.29, 1.82) is 0 Å². The van der Waals surface area contributed by atoms with E-state index in [1.165, 1.54) is 11.1 Å². The monoisotopic (exact) mass is 193 g/mol. The van der Waals surface area contributed by atoms with Crippen LogP contribution in [0.15, 0.2) is 6.07 Å². The normalized spacial score (nSPS) is 12.9. The van der Waals surface area contributed by atoms with Gasteiger partial charge in [0.15, 0.2) is 0 Å². The van der Waals surface area contributed by atoms with E-state index in [0.717, 1.165) is 11.1 Å². The smallest absolute Gasteiger partial charge is 0.119 e. The van der Waals surface area contributed by atoms with Gasteiger partial charge in [-0.25, -0.2) is 0 Å². The minimum atomic E-state index is 0.356. The van der Waals surface area contributed by atoms with E-state index in [1.807, 2.05) is 26.8 Å². The van der Waals surface area contributed by atoms with Crippen LogP contribution < -0.4 is 5.73 Å². The molecule has 0 saturated carbocycles. The van der Waals surface area contributed by atoms with E-state index < -0.39 is 0 Å². The van der Waals surface area contributed by atoms with Gasteiger partial charge in [0.2, 0.25) is 0 Å². The van der Waals surface area contributed by atoms with Crippen molar-refractivity contribution >= 4 is 0 Å². The summed E-state index contributed by atoms with van der Waals surface area (Å²) in [5.74, 6) is 0.738. The average molecular weight is 193 g/mol. The maximum absolute atomic E-state index is 9.63. The van der Waals surface area contributed by atoms with Crippen LogP contribution in [0.5, 0.6) is 5.75 Å². The Labute approximate surface area is 85.8 Å². The maximum atomic E-state index is 9.63. The molecular weight excluding hydrogens is 174 g/mol. The molecule has 0 saturated heterocycles. The Balaban J connectivity index is 3.36. The van der Waals surface area contributed by atoms with E-state index in [0.29, 0.717) is 18.2 Å². The zero-order valence-electron chi connectivity index (χ0n) is 9.39. The summed E-state index contributed by atoms with van der Waals surface area (Å²) in [6.45, 7) is 8.77. The summed E-state index contributed by atoms with van der Waals surface area (Å²) in [5.41, 5.74) is 10.2. The molecule has 0 aliphatic carbocycles. The Hall–Kier alpha value is -1.02. The van der Waals surface area contributed by atoms with Crippen LogP contribution in [-0.4, -0.2) is 11.7 Å². The van der Waals surface area contributed by atoms with Gasteiger partial charge in [-0.3, -0.25) is 0 Å². The molecule has 0 aliphatic rings. The standard InChI is InChI=1S/C12H19NO/c1-7-5-11(14)9(3)10(4)12(7)8(2)6-13/h5,8,14H,6,13H2,1-4H3. The molecule has 2 nitrogen and oxygen atoms in total. The van der Waals surface area contributed by atoms with Gasteiger partial charge in [0.1, 0.15) is 5.75 Å². The third kappa shape index (κ3) is 1.75. The number of rotatable bonds is 2. The van der Waals surface area contributed by atoms with E-state index in [9.17, 15) is 5.11 Å². The molecule has 1 rings (SSSR count). The molecule has 0 fully saturated rings. The van der Waals surface area contributed by atoms with Crippen LogP contribution >= 0.6 is 0 Å². The number of aryl methyl sites for hydroxylation is 1. The minimum absolute atomic E-state index is 0.356. The highest BCUT2D eigenvalue weighted by atomic mass is 16.3. The van der Waals surface area contributed by atoms with Gasteiger partial charge in [-0.2, -0.15) is 0 Å². The minimum Gasteiger partial charge on any atom is -0.508 e. The number of phenolic OH excluding ortho intramolecular Hbond substituents is 1. The Morgan fingerprint density at radius 3 is 2.36 bits per heavy atom. The summed E-state index contributed by atoms with van der Waals surface area (Å²) in [5, 5.41) is 9.63. The summed E-state index contributed by atoms with van der Waals surface area (Å²) in [6, 6.07) is 1.82. The van der Waals surface area contributed by atoms with Crippen LogP contribution in [0.4, 0.5) is 0 Å². The van der Waals surface area contributed by atoms with Crippen molar-refractivity contribution in [3.63, 3.8) is 0 Å². The predicted molar refractivity (Wildman–Crippen MR) is 59.8 cm³/mol. The molecule has 0 aliphatic heterocycles. The summed E-state index contributed by atoms with van der Waals surface area (Å²) in [4.78, 5) is 0. The molecule has 1 aromatic carbocycles. The van der Waals surface area contributed by atoms with Crippen molar-refractivity contribution in [2.75, 3.05) is 6.54 Å². The van der Waals surface area contributed by atoms with Gasteiger partial charge in [0, 0.05) is 0 Å². The van der Waals surface area contributed by atoms with Gasteiger partial charge in [0.05, 0.1) is 0 Å². The number of nitrogens with two attached hydrogens (primary N) is 1. The molecule has 0 heterocycles. The van der Waals surface area contributed by atoms with Crippen LogP contribution in [-0.2, 0) is 0 Å². The molecule has 0 aromatic heterocycles. The topological polar surface area (TPSA) is 46.2 Å². The lowest BCUT2D eigenvalue weighted by molar-refractivity contribution is 0.469. The molecule has 0 bridgehead atoms. The second-order valence-corrected chi connectivity index (χ2v) is 4.01. The highest BCUT2D eigenvalue weighted by molar-refractivity contribution is 5.48. The number of aromatic hydroxyl groups is 1. The van der Waals surface area contributed by atoms with Crippen molar-refractivity contribution < 1.29 is 5.11 Å². The molecule has 1 aromatic rings. The highest BCUT2D eigenvalue weighted by Crippen LogP contribution is 2.30. The highest BCUT2D eigenvalue weighted by Gasteiger charge is 2.13. The fourth-order valence-electron chi connectivity index (χ4n) is 1.96. The first-order valence-corrected chi connectivity index (χ1v) is 4.98. The van der Waals surface area contributed by atoms with Crippen LogP contribution in [0, 0.1) is 20.8 Å². The summed E-state index contributed by atoms with van der Waals surface area (Å²) < 4.78 is 0. The molecule has 1 atom stereocenters. The Kier molecular flexibility index (Phi) is 3.17. The zero-order valence-corrected chi connectivity index (χ0v) is 9.39. The summed E-state index contributed by atoms with van der Waals surface area (Å²) >= 11 is 0. The molecule has 2 heteroatoms.